The fourth-order valence-electron chi connectivity index (χ4n) is 1.62. The van der Waals surface area contributed by atoms with Crippen LogP contribution in [-0.2, 0) is 4.79 Å². The Hall–Kier alpha value is -2.36. The zero-order valence-electron chi connectivity index (χ0n) is 10.3. The molecule has 2 heterocycles. The number of aromatic nitrogens is 3. The number of hydrogen-bond donors (Lipinski definition) is 2. The van der Waals surface area contributed by atoms with E-state index in [-0.39, 0.29) is 23.2 Å². The number of nitrogens with one attached hydrogen (secondary N) is 2. The smallest absolute Gasteiger partial charge is 0.395 e. The van der Waals surface area contributed by atoms with Crippen LogP contribution in [0.15, 0.2) is 29.7 Å². The SMILES string of the molecule is O=C(CSc1ncn[nH]1)Nc1ccc2c(c1)OC(F)(F)O2. The first-order chi connectivity index (χ1) is 10.0. The summed E-state index contributed by atoms with van der Waals surface area (Å²) in [6, 6.07) is 4.02. The van der Waals surface area contributed by atoms with Gasteiger partial charge >= 0.3 is 6.29 Å². The second-order valence-corrected chi connectivity index (χ2v) is 4.92. The van der Waals surface area contributed by atoms with Crippen LogP contribution in [0.4, 0.5) is 14.5 Å². The van der Waals surface area contributed by atoms with Gasteiger partial charge in [-0.05, 0) is 12.1 Å². The van der Waals surface area contributed by atoms with Gasteiger partial charge in [-0.2, -0.15) is 5.10 Å². The zero-order chi connectivity index (χ0) is 14.9. The second kappa shape index (κ2) is 5.20. The van der Waals surface area contributed by atoms with Crippen LogP contribution in [0.5, 0.6) is 11.5 Å². The Morgan fingerprint density at radius 2 is 2.19 bits per heavy atom. The molecule has 1 aromatic heterocycles. The number of nitrogens with zero attached hydrogens (tertiary/aromatic N) is 2. The monoisotopic (exact) mass is 314 g/mol. The molecule has 10 heteroatoms. The van der Waals surface area contributed by atoms with Crippen LogP contribution in [0.3, 0.4) is 0 Å². The highest BCUT2D eigenvalue weighted by Gasteiger charge is 2.43. The predicted molar refractivity (Wildman–Crippen MR) is 68.4 cm³/mol. The van der Waals surface area contributed by atoms with Gasteiger partial charge in [0.25, 0.3) is 0 Å². The topological polar surface area (TPSA) is 89.1 Å². The van der Waals surface area contributed by atoms with E-state index in [4.69, 9.17) is 0 Å². The number of ether oxygens (including phenoxy) is 2. The van der Waals surface area contributed by atoms with Crippen molar-refractivity contribution < 1.29 is 23.0 Å². The summed E-state index contributed by atoms with van der Waals surface area (Å²) in [5, 5.41) is 9.32. The lowest BCUT2D eigenvalue weighted by Crippen LogP contribution is -2.25. The molecular weight excluding hydrogens is 306 g/mol. The molecule has 7 nitrogen and oxygen atoms in total. The predicted octanol–water partition coefficient (Wildman–Crippen LogP) is 1.86. The lowest BCUT2D eigenvalue weighted by atomic mass is 10.3. The molecule has 0 bridgehead atoms. The van der Waals surface area contributed by atoms with Crippen molar-refractivity contribution >= 4 is 23.4 Å². The number of anilines is 1. The number of rotatable bonds is 4. The standard InChI is InChI=1S/C11H8F2N4O3S/c12-11(13)19-7-2-1-6(3-8(7)20-11)16-9(18)4-21-10-14-5-15-17-10/h1-3,5H,4H2,(H,16,18)(H,14,15,17). The molecule has 0 aliphatic carbocycles. The minimum absolute atomic E-state index is 0.0750. The van der Waals surface area contributed by atoms with Gasteiger partial charge in [-0.3, -0.25) is 9.89 Å². The van der Waals surface area contributed by atoms with Gasteiger partial charge in [-0.25, -0.2) is 4.98 Å². The van der Waals surface area contributed by atoms with E-state index in [1.54, 1.807) is 0 Å². The normalized spacial score (nSPS) is 15.0. The van der Waals surface area contributed by atoms with Crippen molar-refractivity contribution in [3.8, 4) is 11.5 Å². The van der Waals surface area contributed by atoms with Crippen molar-refractivity contribution in [2.75, 3.05) is 11.1 Å². The number of amides is 1. The number of fused-ring (bicyclic) bond motifs is 1. The minimum Gasteiger partial charge on any atom is -0.395 e. The van der Waals surface area contributed by atoms with Crippen molar-refractivity contribution in [2.24, 2.45) is 0 Å². The number of aromatic amines is 1. The molecule has 0 saturated carbocycles. The summed E-state index contributed by atoms with van der Waals surface area (Å²) in [6.07, 6.45) is -2.34. The maximum absolute atomic E-state index is 12.9. The molecule has 1 aliphatic heterocycles. The molecule has 0 fully saturated rings. The minimum atomic E-state index is -3.67. The van der Waals surface area contributed by atoms with E-state index in [0.717, 1.165) is 11.8 Å². The molecule has 2 N–H and O–H groups in total. The number of alkyl halides is 2. The van der Waals surface area contributed by atoms with Crippen LogP contribution in [0, 0.1) is 0 Å². The number of carbonyl (C=O) groups is 1. The largest absolute Gasteiger partial charge is 0.586 e. The molecule has 110 valence electrons. The molecule has 0 saturated heterocycles. The molecule has 0 radical (unpaired) electrons. The van der Waals surface area contributed by atoms with Gasteiger partial charge in [0.2, 0.25) is 5.91 Å². The molecule has 1 aliphatic rings. The third-order valence-corrected chi connectivity index (χ3v) is 3.29. The van der Waals surface area contributed by atoms with E-state index in [2.05, 4.69) is 30.0 Å². The summed E-state index contributed by atoms with van der Waals surface area (Å²) in [6.45, 7) is 0. The van der Waals surface area contributed by atoms with Crippen molar-refractivity contribution in [2.45, 2.75) is 11.5 Å². The number of carbonyl (C=O) groups excluding carboxylic acids is 1. The summed E-state index contributed by atoms with van der Waals surface area (Å²) in [7, 11) is 0. The van der Waals surface area contributed by atoms with Crippen molar-refractivity contribution in [1.29, 1.82) is 0 Å². The Labute approximate surface area is 121 Å². The van der Waals surface area contributed by atoms with Gasteiger partial charge < -0.3 is 14.8 Å². The molecule has 3 rings (SSSR count). The first kappa shape index (κ1) is 13.6. The fourth-order valence-corrected chi connectivity index (χ4v) is 2.20. The summed E-state index contributed by atoms with van der Waals surface area (Å²) < 4.78 is 34.3. The Kier molecular flexibility index (Phi) is 3.37. The Morgan fingerprint density at radius 3 is 2.95 bits per heavy atom. The average molecular weight is 314 g/mol. The van der Waals surface area contributed by atoms with Crippen LogP contribution >= 0.6 is 11.8 Å². The van der Waals surface area contributed by atoms with Gasteiger partial charge in [0.05, 0.1) is 5.75 Å². The van der Waals surface area contributed by atoms with E-state index in [1.807, 2.05) is 0 Å². The summed E-state index contributed by atoms with van der Waals surface area (Å²) >= 11 is 1.16. The van der Waals surface area contributed by atoms with E-state index in [9.17, 15) is 13.6 Å². The van der Waals surface area contributed by atoms with Crippen molar-refractivity contribution in [3.05, 3.63) is 24.5 Å². The van der Waals surface area contributed by atoms with Crippen LogP contribution in [-0.4, -0.2) is 33.1 Å². The number of hydrogen-bond acceptors (Lipinski definition) is 6. The maximum Gasteiger partial charge on any atom is 0.586 e. The van der Waals surface area contributed by atoms with E-state index in [0.29, 0.717) is 10.8 Å². The van der Waals surface area contributed by atoms with Gasteiger partial charge in [0.15, 0.2) is 16.7 Å². The summed E-state index contributed by atoms with van der Waals surface area (Å²) in [4.78, 5) is 15.6. The van der Waals surface area contributed by atoms with Crippen molar-refractivity contribution in [1.82, 2.24) is 15.2 Å². The molecule has 1 aromatic carbocycles. The van der Waals surface area contributed by atoms with Crippen molar-refractivity contribution in [3.63, 3.8) is 0 Å². The fraction of sp³-hybridized carbons (Fsp3) is 0.182. The van der Waals surface area contributed by atoms with E-state index < -0.39 is 6.29 Å². The van der Waals surface area contributed by atoms with Gasteiger partial charge in [0, 0.05) is 11.8 Å². The quantitative estimate of drug-likeness (QED) is 0.837. The number of thioether (sulfide) groups is 1. The zero-order valence-corrected chi connectivity index (χ0v) is 11.1. The maximum atomic E-state index is 12.9. The first-order valence-electron chi connectivity index (χ1n) is 5.70. The van der Waals surface area contributed by atoms with Gasteiger partial charge in [-0.15, -0.1) is 8.78 Å². The highest BCUT2D eigenvalue weighted by molar-refractivity contribution is 7.99. The third kappa shape index (κ3) is 3.21. The second-order valence-electron chi connectivity index (χ2n) is 3.96. The lowest BCUT2D eigenvalue weighted by molar-refractivity contribution is -0.286. The van der Waals surface area contributed by atoms with Gasteiger partial charge in [-0.1, -0.05) is 11.8 Å². The Bertz CT molecular complexity index is 665. The summed E-state index contributed by atoms with van der Waals surface area (Å²) in [5.41, 5.74) is 0.332. The van der Waals surface area contributed by atoms with E-state index in [1.165, 1.54) is 24.5 Å². The average Bonchev–Trinajstić information content (AvgIpc) is 3.01. The summed E-state index contributed by atoms with van der Waals surface area (Å²) in [5.74, 6) is -0.420. The number of benzene rings is 1. The Morgan fingerprint density at radius 1 is 1.38 bits per heavy atom. The third-order valence-electron chi connectivity index (χ3n) is 2.42. The molecule has 1 amide bonds. The van der Waals surface area contributed by atoms with Crippen LogP contribution < -0.4 is 14.8 Å². The highest BCUT2D eigenvalue weighted by atomic mass is 32.2. The number of H-pyrrole nitrogens is 1. The van der Waals surface area contributed by atoms with Crippen LogP contribution in [0.1, 0.15) is 0 Å². The molecule has 2 aromatic rings. The Balaban J connectivity index is 1.60. The molecule has 0 atom stereocenters. The van der Waals surface area contributed by atoms with E-state index >= 15 is 0 Å². The molecule has 0 unspecified atom stereocenters. The molecule has 0 spiro atoms. The molecule has 21 heavy (non-hydrogen) atoms. The van der Waals surface area contributed by atoms with Crippen LogP contribution in [0.2, 0.25) is 0 Å². The first-order valence-corrected chi connectivity index (χ1v) is 6.68. The van der Waals surface area contributed by atoms with Crippen LogP contribution in [0.25, 0.3) is 0 Å². The molecular formula is C11H8F2N4O3S. The lowest BCUT2D eigenvalue weighted by Gasteiger charge is -2.05. The number of halogens is 2. The highest BCUT2D eigenvalue weighted by Crippen LogP contribution is 2.42. The van der Waals surface area contributed by atoms with Gasteiger partial charge in [0.1, 0.15) is 6.33 Å².